The van der Waals surface area contributed by atoms with Gasteiger partial charge >= 0.3 is 0 Å². The van der Waals surface area contributed by atoms with Gasteiger partial charge in [-0.25, -0.2) is 13.8 Å². The molecule has 0 saturated heterocycles. The maximum absolute atomic E-state index is 14.3. The van der Waals surface area contributed by atoms with Crippen LogP contribution < -0.4 is 14.4 Å². The Morgan fingerprint density at radius 2 is 1.76 bits per heavy atom. The fourth-order valence-corrected chi connectivity index (χ4v) is 4.72. The number of hydrogen-bond acceptors (Lipinski definition) is 6. The van der Waals surface area contributed by atoms with Crippen molar-refractivity contribution >= 4 is 45.0 Å². The number of carbonyl (C=O) groups is 1. The number of benzene rings is 2. The molecule has 2 aromatic carbocycles. The summed E-state index contributed by atoms with van der Waals surface area (Å²) in [4.78, 5) is 21.6. The zero-order chi connectivity index (χ0) is 22.8. The molecular weight excluding hydrogens is 472 g/mol. The second-order valence-corrected chi connectivity index (χ2v) is 8.56. The van der Waals surface area contributed by atoms with Crippen molar-refractivity contribution in [3.8, 4) is 11.5 Å². The average molecular weight is 498 g/mol. The number of carbonyl (C=O) groups excluding carboxylic acids is 1. The molecule has 0 aliphatic carbocycles. The van der Waals surface area contributed by atoms with E-state index in [1.54, 1.807) is 19.1 Å². The van der Waals surface area contributed by atoms with Crippen molar-refractivity contribution in [2.45, 2.75) is 33.0 Å². The van der Waals surface area contributed by atoms with Crippen LogP contribution in [0, 0.1) is 11.6 Å². The number of ether oxygens (including phenoxy) is 2. The van der Waals surface area contributed by atoms with Gasteiger partial charge in [0.15, 0.2) is 22.4 Å². The van der Waals surface area contributed by atoms with Crippen LogP contribution in [0.3, 0.4) is 0 Å². The Morgan fingerprint density at radius 1 is 1.09 bits per heavy atom. The standard InChI is InChI=1S/C23H25F2N3O3S.ClH/c1-4-27(5-2)10-11-28(23-26-20-16(25)12-15(24)13-19(20)32-23)22(29)21-14(3)30-17-8-6-7-9-18(17)31-21;/h6-9,12-14,21H,4-5,10-11H2,1-3H3;1H. The molecule has 1 aliphatic heterocycles. The molecule has 1 aromatic heterocycles. The van der Waals surface area contributed by atoms with E-state index < -0.39 is 23.8 Å². The SMILES string of the molecule is CCN(CC)CCN(C(=O)C1Oc2ccccc2OC1C)c1nc2c(F)cc(F)cc2s1.Cl. The largest absolute Gasteiger partial charge is 0.482 e. The predicted octanol–water partition coefficient (Wildman–Crippen LogP) is 4.90. The van der Waals surface area contributed by atoms with E-state index in [0.717, 1.165) is 30.5 Å². The Kier molecular flexibility index (Phi) is 8.10. The monoisotopic (exact) mass is 497 g/mol. The van der Waals surface area contributed by atoms with Gasteiger partial charge in [-0.15, -0.1) is 12.4 Å². The minimum atomic E-state index is -0.893. The van der Waals surface area contributed by atoms with Crippen LogP contribution in [0.25, 0.3) is 10.2 Å². The third-order valence-electron chi connectivity index (χ3n) is 5.52. The topological polar surface area (TPSA) is 54.9 Å². The molecule has 4 rings (SSSR count). The first-order chi connectivity index (χ1) is 15.4. The van der Waals surface area contributed by atoms with Crippen molar-refractivity contribution in [3.63, 3.8) is 0 Å². The summed E-state index contributed by atoms with van der Waals surface area (Å²) < 4.78 is 40.2. The van der Waals surface area contributed by atoms with E-state index in [0.29, 0.717) is 34.4 Å². The van der Waals surface area contributed by atoms with Gasteiger partial charge in [0, 0.05) is 19.2 Å². The highest BCUT2D eigenvalue weighted by Crippen LogP contribution is 2.36. The van der Waals surface area contributed by atoms with Crippen LogP contribution in [0.5, 0.6) is 11.5 Å². The van der Waals surface area contributed by atoms with Gasteiger partial charge in [0.1, 0.15) is 17.4 Å². The summed E-state index contributed by atoms with van der Waals surface area (Å²) in [5.74, 6) is -0.695. The van der Waals surface area contributed by atoms with Crippen molar-refractivity contribution in [2.24, 2.45) is 0 Å². The number of rotatable bonds is 7. The first-order valence-corrected chi connectivity index (χ1v) is 11.4. The highest BCUT2D eigenvalue weighted by molar-refractivity contribution is 7.22. The lowest BCUT2D eigenvalue weighted by Crippen LogP contribution is -2.52. The fourth-order valence-electron chi connectivity index (χ4n) is 3.69. The molecule has 2 heterocycles. The van der Waals surface area contributed by atoms with Crippen molar-refractivity contribution in [2.75, 3.05) is 31.1 Å². The molecule has 1 amide bonds. The van der Waals surface area contributed by atoms with E-state index in [2.05, 4.69) is 9.88 Å². The second kappa shape index (κ2) is 10.6. The minimum Gasteiger partial charge on any atom is -0.482 e. The Hall–Kier alpha value is -2.49. The average Bonchev–Trinajstić information content (AvgIpc) is 3.20. The Balaban J connectivity index is 0.00000306. The Bertz CT molecular complexity index is 1130. The summed E-state index contributed by atoms with van der Waals surface area (Å²) in [6, 6.07) is 9.20. The summed E-state index contributed by atoms with van der Waals surface area (Å²) >= 11 is 1.08. The molecule has 33 heavy (non-hydrogen) atoms. The number of thiazole rings is 1. The lowest BCUT2D eigenvalue weighted by molar-refractivity contribution is -0.130. The van der Waals surface area contributed by atoms with Gasteiger partial charge in [-0.05, 0) is 38.2 Å². The van der Waals surface area contributed by atoms with E-state index in [1.807, 2.05) is 26.0 Å². The van der Waals surface area contributed by atoms with Crippen LogP contribution in [-0.4, -0.2) is 54.2 Å². The van der Waals surface area contributed by atoms with Crippen LogP contribution in [0.2, 0.25) is 0 Å². The van der Waals surface area contributed by atoms with Crippen molar-refractivity contribution in [3.05, 3.63) is 48.0 Å². The molecule has 10 heteroatoms. The lowest BCUT2D eigenvalue weighted by Gasteiger charge is -2.34. The Morgan fingerprint density at radius 3 is 2.42 bits per heavy atom. The highest BCUT2D eigenvalue weighted by atomic mass is 35.5. The quantitative estimate of drug-likeness (QED) is 0.465. The number of fused-ring (bicyclic) bond motifs is 2. The van der Waals surface area contributed by atoms with Gasteiger partial charge < -0.3 is 14.4 Å². The van der Waals surface area contributed by atoms with Gasteiger partial charge in [-0.1, -0.05) is 37.3 Å². The molecule has 0 fully saturated rings. The first-order valence-electron chi connectivity index (χ1n) is 10.6. The van der Waals surface area contributed by atoms with E-state index >= 15 is 0 Å². The summed E-state index contributed by atoms with van der Waals surface area (Å²) in [5.41, 5.74) is 0.0474. The van der Waals surface area contributed by atoms with Crippen LogP contribution in [0.15, 0.2) is 36.4 Å². The maximum atomic E-state index is 14.3. The number of hydrogen-bond donors (Lipinski definition) is 0. The molecule has 2 unspecified atom stereocenters. The second-order valence-electron chi connectivity index (χ2n) is 7.56. The number of likely N-dealkylation sites (N-methyl/N-ethyl adjacent to an activating group) is 1. The molecule has 0 N–H and O–H groups in total. The number of para-hydroxylation sites is 2. The third kappa shape index (κ3) is 5.20. The molecule has 6 nitrogen and oxygen atoms in total. The molecule has 0 radical (unpaired) electrons. The van der Waals surface area contributed by atoms with Crippen molar-refractivity contribution in [1.82, 2.24) is 9.88 Å². The van der Waals surface area contributed by atoms with E-state index in [9.17, 15) is 13.6 Å². The third-order valence-corrected chi connectivity index (χ3v) is 6.54. The van der Waals surface area contributed by atoms with Crippen LogP contribution >= 0.6 is 23.7 Å². The molecule has 0 saturated carbocycles. The van der Waals surface area contributed by atoms with Gasteiger partial charge in [-0.3, -0.25) is 9.69 Å². The van der Waals surface area contributed by atoms with Gasteiger partial charge in [0.2, 0.25) is 6.10 Å². The minimum absolute atomic E-state index is 0. The molecule has 2 atom stereocenters. The summed E-state index contributed by atoms with van der Waals surface area (Å²) in [6.07, 6.45) is -1.42. The van der Waals surface area contributed by atoms with Crippen molar-refractivity contribution < 1.29 is 23.0 Å². The highest BCUT2D eigenvalue weighted by Gasteiger charge is 2.38. The predicted molar refractivity (Wildman–Crippen MR) is 128 cm³/mol. The number of anilines is 1. The van der Waals surface area contributed by atoms with Crippen molar-refractivity contribution in [1.29, 1.82) is 0 Å². The normalized spacial score (nSPS) is 17.2. The van der Waals surface area contributed by atoms with E-state index in [-0.39, 0.29) is 23.8 Å². The fraction of sp³-hybridized carbons (Fsp3) is 0.391. The van der Waals surface area contributed by atoms with Crippen LogP contribution in [0.1, 0.15) is 20.8 Å². The van der Waals surface area contributed by atoms with Gasteiger partial charge in [-0.2, -0.15) is 0 Å². The molecule has 1 aliphatic rings. The van der Waals surface area contributed by atoms with E-state index in [1.165, 1.54) is 11.0 Å². The van der Waals surface area contributed by atoms with Gasteiger partial charge in [0.05, 0.1) is 4.70 Å². The van der Waals surface area contributed by atoms with Crippen LogP contribution in [0.4, 0.5) is 13.9 Å². The summed E-state index contributed by atoms with van der Waals surface area (Å²) in [5, 5.41) is 0.302. The molecule has 178 valence electrons. The Labute approximate surface area is 201 Å². The molecular formula is C23H26ClF2N3O3S. The zero-order valence-electron chi connectivity index (χ0n) is 18.6. The summed E-state index contributed by atoms with van der Waals surface area (Å²) in [6.45, 7) is 8.44. The zero-order valence-corrected chi connectivity index (χ0v) is 20.2. The van der Waals surface area contributed by atoms with Crippen LogP contribution in [-0.2, 0) is 4.79 Å². The first kappa shape index (κ1) is 25.1. The maximum Gasteiger partial charge on any atom is 0.273 e. The van der Waals surface area contributed by atoms with Gasteiger partial charge in [0.25, 0.3) is 5.91 Å². The number of amides is 1. The summed E-state index contributed by atoms with van der Waals surface area (Å²) in [7, 11) is 0. The number of nitrogens with zero attached hydrogens (tertiary/aromatic N) is 3. The van der Waals surface area contributed by atoms with E-state index in [4.69, 9.17) is 9.47 Å². The number of halogens is 3. The smallest absolute Gasteiger partial charge is 0.273 e. The molecule has 0 spiro atoms. The number of aromatic nitrogens is 1. The lowest BCUT2D eigenvalue weighted by atomic mass is 10.1. The molecule has 3 aromatic rings. The molecule has 0 bridgehead atoms.